The highest BCUT2D eigenvalue weighted by Crippen LogP contribution is 1.97. The van der Waals surface area contributed by atoms with Crippen LogP contribution in [-0.4, -0.2) is 19.0 Å². The highest BCUT2D eigenvalue weighted by molar-refractivity contribution is 5.76. The van der Waals surface area contributed by atoms with Crippen molar-refractivity contribution in [2.75, 3.05) is 13.1 Å². The Bertz CT molecular complexity index is 160. The van der Waals surface area contributed by atoms with Crippen molar-refractivity contribution in [3.63, 3.8) is 0 Å². The van der Waals surface area contributed by atoms with Gasteiger partial charge in [0.2, 0.25) is 5.91 Å². The van der Waals surface area contributed by atoms with Crippen LogP contribution in [0.2, 0.25) is 0 Å². The summed E-state index contributed by atoms with van der Waals surface area (Å²) in [5.41, 5.74) is 5.33. The van der Waals surface area contributed by atoms with E-state index in [-0.39, 0.29) is 11.8 Å². The maximum Gasteiger partial charge on any atom is 0.221 e. The molecule has 0 bridgehead atoms. The zero-order chi connectivity index (χ0) is 8.69. The van der Waals surface area contributed by atoms with Crippen molar-refractivity contribution >= 4 is 5.91 Å². The molecule has 0 aromatic carbocycles. The van der Waals surface area contributed by atoms with Crippen molar-refractivity contribution in [3.8, 4) is 12.3 Å². The maximum absolute atomic E-state index is 10.9. The molecule has 0 rings (SSSR count). The molecule has 1 amide bonds. The molecule has 0 aliphatic carbocycles. The van der Waals surface area contributed by atoms with Crippen LogP contribution in [0.4, 0.5) is 0 Å². The molecule has 62 valence electrons. The van der Waals surface area contributed by atoms with Crippen molar-refractivity contribution in [1.82, 2.24) is 5.32 Å². The first-order valence-corrected chi connectivity index (χ1v) is 3.61. The van der Waals surface area contributed by atoms with Crippen molar-refractivity contribution in [3.05, 3.63) is 0 Å². The van der Waals surface area contributed by atoms with Gasteiger partial charge in [0.1, 0.15) is 0 Å². The Hall–Kier alpha value is -1.01. The van der Waals surface area contributed by atoms with Gasteiger partial charge in [0.05, 0.1) is 6.54 Å². The van der Waals surface area contributed by atoms with Crippen molar-refractivity contribution in [2.45, 2.75) is 13.3 Å². The zero-order valence-corrected chi connectivity index (χ0v) is 6.76. The first-order chi connectivity index (χ1) is 5.20. The van der Waals surface area contributed by atoms with E-state index in [2.05, 4.69) is 11.2 Å². The number of hydrogen-bond acceptors (Lipinski definition) is 2. The van der Waals surface area contributed by atoms with Gasteiger partial charge in [-0.1, -0.05) is 12.8 Å². The zero-order valence-electron chi connectivity index (χ0n) is 6.76. The van der Waals surface area contributed by atoms with Gasteiger partial charge >= 0.3 is 0 Å². The summed E-state index contributed by atoms with van der Waals surface area (Å²) in [6.07, 6.45) is 5.41. The fourth-order valence-corrected chi connectivity index (χ4v) is 0.622. The molecular formula is C8H14N2O. The topological polar surface area (TPSA) is 55.1 Å². The average molecular weight is 154 g/mol. The lowest BCUT2D eigenvalue weighted by Crippen LogP contribution is -2.27. The molecule has 3 heteroatoms. The first-order valence-electron chi connectivity index (χ1n) is 3.61. The number of carbonyl (C=O) groups excluding carboxylic acids is 1. The number of amides is 1. The van der Waals surface area contributed by atoms with Crippen LogP contribution >= 0.6 is 0 Å². The molecule has 11 heavy (non-hydrogen) atoms. The highest BCUT2D eigenvalue weighted by atomic mass is 16.1. The number of carbonyl (C=O) groups is 1. The summed E-state index contributed by atoms with van der Waals surface area (Å²) < 4.78 is 0. The Labute approximate surface area is 67.3 Å². The number of nitrogens with one attached hydrogen (secondary N) is 1. The molecule has 1 atom stereocenters. The van der Waals surface area contributed by atoms with Crippen molar-refractivity contribution < 1.29 is 4.79 Å². The minimum absolute atomic E-state index is 0.0269. The van der Waals surface area contributed by atoms with E-state index in [1.165, 1.54) is 0 Å². The third-order valence-corrected chi connectivity index (χ3v) is 1.32. The molecule has 0 aliphatic heterocycles. The van der Waals surface area contributed by atoms with Crippen molar-refractivity contribution in [1.29, 1.82) is 0 Å². The molecule has 0 spiro atoms. The second-order valence-corrected chi connectivity index (χ2v) is 2.53. The largest absolute Gasteiger partial charge is 0.345 e. The number of rotatable bonds is 4. The van der Waals surface area contributed by atoms with Crippen LogP contribution in [0.1, 0.15) is 13.3 Å². The van der Waals surface area contributed by atoms with E-state index in [0.717, 1.165) is 0 Å². The van der Waals surface area contributed by atoms with Gasteiger partial charge in [0, 0.05) is 6.42 Å². The molecule has 0 saturated carbocycles. The Kier molecular flexibility index (Phi) is 5.22. The van der Waals surface area contributed by atoms with Gasteiger partial charge in [-0.25, -0.2) is 0 Å². The van der Waals surface area contributed by atoms with Crippen LogP contribution in [0.25, 0.3) is 0 Å². The molecule has 3 N–H and O–H groups in total. The van der Waals surface area contributed by atoms with E-state index in [4.69, 9.17) is 12.2 Å². The number of hydrogen-bond donors (Lipinski definition) is 2. The third kappa shape index (κ3) is 5.43. The molecule has 0 heterocycles. The normalized spacial score (nSPS) is 11.7. The van der Waals surface area contributed by atoms with Crippen LogP contribution in [0.15, 0.2) is 0 Å². The summed E-state index contributed by atoms with van der Waals surface area (Å²) in [5.74, 6) is 2.53. The van der Waals surface area contributed by atoms with Gasteiger partial charge in [-0.05, 0) is 12.5 Å². The second kappa shape index (κ2) is 5.75. The van der Waals surface area contributed by atoms with Crippen LogP contribution < -0.4 is 11.1 Å². The summed E-state index contributed by atoms with van der Waals surface area (Å²) in [4.78, 5) is 10.9. The molecular weight excluding hydrogens is 140 g/mol. The van der Waals surface area contributed by atoms with E-state index in [0.29, 0.717) is 19.5 Å². The second-order valence-electron chi connectivity index (χ2n) is 2.53. The third-order valence-electron chi connectivity index (χ3n) is 1.32. The summed E-state index contributed by atoms with van der Waals surface area (Å²) in [7, 11) is 0. The lowest BCUT2D eigenvalue weighted by molar-refractivity contribution is -0.121. The summed E-state index contributed by atoms with van der Waals surface area (Å²) >= 11 is 0. The SMILES string of the molecule is C#CCNC(=O)CC(C)CN. The number of terminal acetylenes is 1. The average Bonchev–Trinajstić information content (AvgIpc) is 2.00. The summed E-state index contributed by atoms with van der Waals surface area (Å²) in [6, 6.07) is 0. The summed E-state index contributed by atoms with van der Waals surface area (Å²) in [5, 5.41) is 2.57. The molecule has 0 aromatic heterocycles. The van der Waals surface area contributed by atoms with Gasteiger partial charge in [-0.15, -0.1) is 6.42 Å². The summed E-state index contributed by atoms with van der Waals surface area (Å²) in [6.45, 7) is 2.76. The van der Waals surface area contributed by atoms with Crippen LogP contribution in [0.5, 0.6) is 0 Å². The van der Waals surface area contributed by atoms with Gasteiger partial charge in [-0.2, -0.15) is 0 Å². The van der Waals surface area contributed by atoms with Gasteiger partial charge in [0.25, 0.3) is 0 Å². The Morgan fingerprint density at radius 2 is 2.45 bits per heavy atom. The quantitative estimate of drug-likeness (QED) is 0.547. The minimum atomic E-state index is -0.0269. The molecule has 1 unspecified atom stereocenters. The predicted molar refractivity (Wildman–Crippen MR) is 44.7 cm³/mol. The molecule has 0 aromatic rings. The minimum Gasteiger partial charge on any atom is -0.345 e. The van der Waals surface area contributed by atoms with E-state index in [1.54, 1.807) is 0 Å². The fraction of sp³-hybridized carbons (Fsp3) is 0.625. The van der Waals surface area contributed by atoms with Crippen LogP contribution in [0.3, 0.4) is 0 Å². The van der Waals surface area contributed by atoms with Gasteiger partial charge in [0.15, 0.2) is 0 Å². The Morgan fingerprint density at radius 1 is 1.82 bits per heavy atom. The number of nitrogens with two attached hydrogens (primary N) is 1. The first kappa shape index (κ1) is 9.99. The van der Waals surface area contributed by atoms with Crippen molar-refractivity contribution in [2.24, 2.45) is 11.7 Å². The molecule has 3 nitrogen and oxygen atoms in total. The molecule has 0 saturated heterocycles. The molecule has 0 aliphatic rings. The lowest BCUT2D eigenvalue weighted by atomic mass is 10.1. The van der Waals surface area contributed by atoms with E-state index < -0.39 is 0 Å². The monoisotopic (exact) mass is 154 g/mol. The smallest absolute Gasteiger partial charge is 0.221 e. The standard InChI is InChI=1S/C8H14N2O/c1-3-4-10-8(11)5-7(2)6-9/h1,7H,4-6,9H2,2H3,(H,10,11). The maximum atomic E-state index is 10.9. The van der Waals surface area contributed by atoms with E-state index in [1.807, 2.05) is 6.92 Å². The Balaban J connectivity index is 3.45. The molecule has 0 fully saturated rings. The van der Waals surface area contributed by atoms with Crippen LogP contribution in [0, 0.1) is 18.3 Å². The van der Waals surface area contributed by atoms with Crippen LogP contribution in [-0.2, 0) is 4.79 Å². The highest BCUT2D eigenvalue weighted by Gasteiger charge is 2.05. The molecule has 0 radical (unpaired) electrons. The lowest BCUT2D eigenvalue weighted by Gasteiger charge is -2.06. The van der Waals surface area contributed by atoms with Gasteiger partial charge < -0.3 is 11.1 Å². The van der Waals surface area contributed by atoms with E-state index >= 15 is 0 Å². The van der Waals surface area contributed by atoms with Gasteiger partial charge in [-0.3, -0.25) is 4.79 Å². The Morgan fingerprint density at radius 3 is 2.91 bits per heavy atom. The fourth-order valence-electron chi connectivity index (χ4n) is 0.622. The predicted octanol–water partition coefficient (Wildman–Crippen LogP) is -0.279. The van der Waals surface area contributed by atoms with E-state index in [9.17, 15) is 4.79 Å².